The summed E-state index contributed by atoms with van der Waals surface area (Å²) in [4.78, 5) is 0. The molecule has 2 aromatic rings. The van der Waals surface area contributed by atoms with Crippen molar-refractivity contribution < 1.29 is 38.5 Å². The predicted octanol–water partition coefficient (Wildman–Crippen LogP) is 4.41. The Bertz CT molecular complexity index is 717. The molecule has 0 spiro atoms. The number of rotatable bonds is 22. The van der Waals surface area contributed by atoms with Gasteiger partial charge in [-0.2, -0.15) is 0 Å². The molecule has 0 aliphatic carbocycles. The van der Waals surface area contributed by atoms with Crippen LogP contribution in [0, 0.1) is 13.8 Å². The molecule has 0 amide bonds. The average Bonchev–Trinajstić information content (AvgIpc) is 2.93. The zero-order valence-electron chi connectivity index (χ0n) is 26.8. The Morgan fingerprint density at radius 3 is 0.975 bits per heavy atom. The molecular weight excluding hydrogens is 576 g/mol. The first-order valence-electron chi connectivity index (χ1n) is 16.6. The fraction of sp³-hybridized carbons (Fsp3) is 0.722. The van der Waals surface area contributed by atoms with E-state index in [4.69, 9.17) is 0 Å². The van der Waals surface area contributed by atoms with Crippen molar-refractivity contribution in [2.75, 3.05) is 0 Å². The summed E-state index contributed by atoms with van der Waals surface area (Å²) < 4.78 is 4.73. The Morgan fingerprint density at radius 1 is 0.425 bits per heavy atom. The van der Waals surface area contributed by atoms with Crippen LogP contribution in [0.4, 0.5) is 0 Å². The second kappa shape index (κ2) is 31.0. The molecule has 0 aliphatic rings. The first kappa shape index (κ1) is 41.2. The van der Waals surface area contributed by atoms with E-state index in [-0.39, 0.29) is 29.4 Å². The fourth-order valence-corrected chi connectivity index (χ4v) is 5.16. The molecular formula is C36H64BrClN2. The van der Waals surface area contributed by atoms with E-state index in [1.54, 1.807) is 0 Å². The van der Waals surface area contributed by atoms with Gasteiger partial charge in [-0.05, 0) is 12.8 Å². The summed E-state index contributed by atoms with van der Waals surface area (Å²) in [6.07, 6.45) is 32.7. The first-order chi connectivity index (χ1) is 18.7. The van der Waals surface area contributed by atoms with Crippen LogP contribution < -0.4 is 38.5 Å². The molecule has 0 saturated carbocycles. The molecule has 232 valence electrons. The quantitative estimate of drug-likeness (QED) is 0.133. The van der Waals surface area contributed by atoms with Gasteiger partial charge in [0, 0.05) is 51.0 Å². The third-order valence-corrected chi connectivity index (χ3v) is 7.84. The second-order valence-electron chi connectivity index (χ2n) is 11.4. The zero-order valence-corrected chi connectivity index (χ0v) is 29.2. The van der Waals surface area contributed by atoms with E-state index in [2.05, 4.69) is 85.6 Å². The van der Waals surface area contributed by atoms with Crippen molar-refractivity contribution in [1.82, 2.24) is 0 Å². The predicted molar refractivity (Wildman–Crippen MR) is 166 cm³/mol. The van der Waals surface area contributed by atoms with Crippen molar-refractivity contribution in [2.45, 2.75) is 169 Å². The van der Waals surface area contributed by atoms with Gasteiger partial charge < -0.3 is 29.4 Å². The second-order valence-corrected chi connectivity index (χ2v) is 11.4. The van der Waals surface area contributed by atoms with Gasteiger partial charge in [-0.3, -0.25) is 0 Å². The number of hydrogen-bond donors (Lipinski definition) is 0. The molecule has 0 radical (unpaired) electrons. The van der Waals surface area contributed by atoms with Crippen LogP contribution in [0.1, 0.15) is 154 Å². The molecule has 0 bridgehead atoms. The molecule has 0 fully saturated rings. The SMILES string of the molecule is CCCCCCCCCCCC[n+]1ccccc1C.CCCCCCCCCCCC[n+]1ccccc1C.[Br-].[Cl-]. The normalized spacial score (nSPS) is 10.3. The number of nitrogens with zero attached hydrogens (tertiary/aromatic N) is 2. The van der Waals surface area contributed by atoms with Crippen molar-refractivity contribution in [3.63, 3.8) is 0 Å². The molecule has 2 aromatic heterocycles. The molecule has 0 atom stereocenters. The van der Waals surface area contributed by atoms with Gasteiger partial charge in [0.1, 0.15) is 13.1 Å². The number of aryl methyl sites for hydroxylation is 4. The molecule has 0 saturated heterocycles. The number of hydrogen-bond acceptors (Lipinski definition) is 0. The van der Waals surface area contributed by atoms with E-state index >= 15 is 0 Å². The number of halogens is 2. The van der Waals surface area contributed by atoms with E-state index < -0.39 is 0 Å². The highest BCUT2D eigenvalue weighted by molar-refractivity contribution is 4.94. The van der Waals surface area contributed by atoms with Crippen molar-refractivity contribution in [1.29, 1.82) is 0 Å². The first-order valence-corrected chi connectivity index (χ1v) is 16.6. The highest BCUT2D eigenvalue weighted by Gasteiger charge is 2.04. The van der Waals surface area contributed by atoms with E-state index in [1.165, 1.54) is 153 Å². The lowest BCUT2D eigenvalue weighted by atomic mass is 10.1. The lowest BCUT2D eigenvalue weighted by Gasteiger charge is -2.02. The maximum absolute atomic E-state index is 2.37. The molecule has 2 nitrogen and oxygen atoms in total. The van der Waals surface area contributed by atoms with E-state index in [0.717, 1.165) is 0 Å². The molecule has 0 unspecified atom stereocenters. The summed E-state index contributed by atoms with van der Waals surface area (Å²) >= 11 is 0. The van der Waals surface area contributed by atoms with E-state index in [1.807, 2.05) is 0 Å². The smallest absolute Gasteiger partial charge is 0.178 e. The minimum atomic E-state index is 0. The minimum Gasteiger partial charge on any atom is -1.00 e. The Kier molecular flexibility index (Phi) is 32.0. The van der Waals surface area contributed by atoms with Gasteiger partial charge in [0.15, 0.2) is 23.8 Å². The van der Waals surface area contributed by atoms with Gasteiger partial charge in [-0.1, -0.05) is 129 Å². The average molecular weight is 640 g/mol. The Balaban J connectivity index is 0. The highest BCUT2D eigenvalue weighted by atomic mass is 79.9. The van der Waals surface area contributed by atoms with Crippen LogP contribution in [0.3, 0.4) is 0 Å². The van der Waals surface area contributed by atoms with E-state index in [9.17, 15) is 0 Å². The molecule has 0 aromatic carbocycles. The van der Waals surface area contributed by atoms with Gasteiger partial charge in [0.2, 0.25) is 0 Å². The zero-order chi connectivity index (χ0) is 27.5. The summed E-state index contributed by atoms with van der Waals surface area (Å²) in [5.41, 5.74) is 2.75. The number of pyridine rings is 2. The van der Waals surface area contributed by atoms with Gasteiger partial charge in [0.25, 0.3) is 0 Å². The third kappa shape index (κ3) is 23.7. The summed E-state index contributed by atoms with van der Waals surface area (Å²) in [5.74, 6) is 0. The van der Waals surface area contributed by atoms with Gasteiger partial charge in [-0.25, -0.2) is 9.13 Å². The van der Waals surface area contributed by atoms with Crippen molar-refractivity contribution in [2.24, 2.45) is 0 Å². The van der Waals surface area contributed by atoms with Crippen LogP contribution in [0.2, 0.25) is 0 Å². The largest absolute Gasteiger partial charge is 1.00 e. The molecule has 40 heavy (non-hydrogen) atoms. The molecule has 4 heteroatoms. The highest BCUT2D eigenvalue weighted by Crippen LogP contribution is 2.11. The van der Waals surface area contributed by atoms with Crippen LogP contribution in [-0.4, -0.2) is 0 Å². The van der Waals surface area contributed by atoms with Crippen LogP contribution >= 0.6 is 0 Å². The minimum absolute atomic E-state index is 0. The molecule has 0 N–H and O–H groups in total. The van der Waals surface area contributed by atoms with E-state index in [0.29, 0.717) is 0 Å². The van der Waals surface area contributed by atoms with Gasteiger partial charge >= 0.3 is 0 Å². The topological polar surface area (TPSA) is 7.76 Å². The van der Waals surface area contributed by atoms with Crippen LogP contribution in [-0.2, 0) is 13.1 Å². The third-order valence-electron chi connectivity index (χ3n) is 7.84. The van der Waals surface area contributed by atoms with Gasteiger partial charge in [-0.15, -0.1) is 0 Å². The monoisotopic (exact) mass is 638 g/mol. The molecule has 0 aliphatic heterocycles. The standard InChI is InChI=1S/2C18H32N.BrH.ClH/c2*1-3-4-5-6-7-8-9-10-11-13-16-19-17-14-12-15-18(19)2;;/h2*12,14-15,17H,3-11,13,16H2,1-2H3;2*1H/q2*+1;;/p-2. The summed E-state index contributed by atoms with van der Waals surface area (Å²) in [6, 6.07) is 12.9. The summed E-state index contributed by atoms with van der Waals surface area (Å²) in [5, 5.41) is 0. The Morgan fingerprint density at radius 2 is 0.700 bits per heavy atom. The van der Waals surface area contributed by atoms with Crippen LogP contribution in [0.15, 0.2) is 48.8 Å². The number of unbranched alkanes of at least 4 members (excludes halogenated alkanes) is 18. The van der Waals surface area contributed by atoms with Gasteiger partial charge in [0.05, 0.1) is 0 Å². The van der Waals surface area contributed by atoms with Crippen LogP contribution in [0.25, 0.3) is 0 Å². The summed E-state index contributed by atoms with van der Waals surface area (Å²) in [7, 11) is 0. The molecule has 2 rings (SSSR count). The van der Waals surface area contributed by atoms with Crippen LogP contribution in [0.5, 0.6) is 0 Å². The lowest BCUT2D eigenvalue weighted by molar-refractivity contribution is -0.703. The molecule has 2 heterocycles. The Labute approximate surface area is 267 Å². The number of aromatic nitrogens is 2. The van der Waals surface area contributed by atoms with Crippen molar-refractivity contribution in [3.05, 3.63) is 60.2 Å². The lowest BCUT2D eigenvalue weighted by Crippen LogP contribution is -3.00. The summed E-state index contributed by atoms with van der Waals surface area (Å²) in [6.45, 7) is 11.3. The fourth-order valence-electron chi connectivity index (χ4n) is 5.16. The van der Waals surface area contributed by atoms with Crippen molar-refractivity contribution >= 4 is 0 Å². The van der Waals surface area contributed by atoms with Crippen molar-refractivity contribution in [3.8, 4) is 0 Å². The Hall–Kier alpha value is -0.930. The maximum atomic E-state index is 2.37. The maximum Gasteiger partial charge on any atom is 0.178 e.